The number of carbonyl (C=O) groups excluding carboxylic acids is 2. The Morgan fingerprint density at radius 2 is 1.76 bits per heavy atom. The molecule has 0 atom stereocenters. The number of benzene rings is 2. The van der Waals surface area contributed by atoms with Crippen LogP contribution in [0.15, 0.2) is 47.4 Å². The third kappa shape index (κ3) is 6.44. The van der Waals surface area contributed by atoms with Gasteiger partial charge < -0.3 is 10.6 Å². The van der Waals surface area contributed by atoms with Gasteiger partial charge in [0.2, 0.25) is 11.8 Å². The molecule has 6 heteroatoms. The third-order valence-corrected chi connectivity index (χ3v) is 4.82. The number of hydrogen-bond acceptors (Lipinski definition) is 3. The summed E-state index contributed by atoms with van der Waals surface area (Å²) in [7, 11) is 0. The standard InChI is InChI=1S/C19H21ClN2O2S/c1-3-5-18(23)21-14-6-4-7-16(10-14)25-12-19(24)22-15-9-8-13(2)17(20)11-15/h4,6-11H,3,5,12H2,1-2H3,(H,21,23)(H,22,24). The van der Waals surface area contributed by atoms with E-state index in [0.717, 1.165) is 22.6 Å². The summed E-state index contributed by atoms with van der Waals surface area (Å²) in [5.41, 5.74) is 2.40. The van der Waals surface area contributed by atoms with Crippen molar-refractivity contribution >= 4 is 46.6 Å². The Labute approximate surface area is 157 Å². The van der Waals surface area contributed by atoms with Crippen molar-refractivity contribution in [1.82, 2.24) is 0 Å². The maximum atomic E-state index is 12.1. The zero-order chi connectivity index (χ0) is 18.2. The molecule has 0 fully saturated rings. The largest absolute Gasteiger partial charge is 0.326 e. The number of rotatable bonds is 7. The van der Waals surface area contributed by atoms with E-state index >= 15 is 0 Å². The topological polar surface area (TPSA) is 58.2 Å². The van der Waals surface area contributed by atoms with E-state index in [1.165, 1.54) is 11.8 Å². The number of thioether (sulfide) groups is 1. The van der Waals surface area contributed by atoms with E-state index in [2.05, 4.69) is 10.6 Å². The van der Waals surface area contributed by atoms with E-state index in [4.69, 9.17) is 11.6 Å². The average molecular weight is 377 g/mol. The minimum absolute atomic E-state index is 0.00126. The van der Waals surface area contributed by atoms with Crippen molar-refractivity contribution in [3.8, 4) is 0 Å². The van der Waals surface area contributed by atoms with Crippen LogP contribution in [-0.2, 0) is 9.59 Å². The molecule has 0 saturated carbocycles. The Balaban J connectivity index is 1.88. The highest BCUT2D eigenvalue weighted by molar-refractivity contribution is 8.00. The van der Waals surface area contributed by atoms with Gasteiger partial charge >= 0.3 is 0 Å². The Bertz CT molecular complexity index is 765. The van der Waals surface area contributed by atoms with Gasteiger partial charge in [-0.2, -0.15) is 0 Å². The quantitative estimate of drug-likeness (QED) is 0.659. The number of hydrogen-bond donors (Lipinski definition) is 2. The summed E-state index contributed by atoms with van der Waals surface area (Å²) in [5, 5.41) is 6.31. The number of nitrogens with one attached hydrogen (secondary N) is 2. The van der Waals surface area contributed by atoms with E-state index in [1.807, 2.05) is 50.2 Å². The number of aryl methyl sites for hydroxylation is 1. The highest BCUT2D eigenvalue weighted by atomic mass is 35.5. The summed E-state index contributed by atoms with van der Waals surface area (Å²) in [5.74, 6) is 0.168. The molecule has 0 saturated heterocycles. The van der Waals surface area contributed by atoms with Crippen LogP contribution in [0.25, 0.3) is 0 Å². The second-order valence-corrected chi connectivity index (χ2v) is 7.08. The molecule has 2 aromatic carbocycles. The van der Waals surface area contributed by atoms with Gasteiger partial charge in [0.1, 0.15) is 0 Å². The molecule has 2 aromatic rings. The van der Waals surface area contributed by atoms with Gasteiger partial charge in [-0.15, -0.1) is 11.8 Å². The maximum Gasteiger partial charge on any atom is 0.234 e. The van der Waals surface area contributed by atoms with Gasteiger partial charge in [-0.3, -0.25) is 9.59 Å². The minimum atomic E-state index is -0.106. The fourth-order valence-electron chi connectivity index (χ4n) is 2.13. The van der Waals surface area contributed by atoms with E-state index in [9.17, 15) is 9.59 Å². The molecule has 0 aliphatic rings. The van der Waals surface area contributed by atoms with Crippen LogP contribution in [0.3, 0.4) is 0 Å². The molecule has 0 bridgehead atoms. The Kier molecular flexibility index (Phi) is 7.34. The normalized spacial score (nSPS) is 10.4. The summed E-state index contributed by atoms with van der Waals surface area (Å²) in [6.07, 6.45) is 1.31. The molecule has 2 N–H and O–H groups in total. The van der Waals surface area contributed by atoms with Crippen molar-refractivity contribution < 1.29 is 9.59 Å². The van der Waals surface area contributed by atoms with Crippen LogP contribution in [0.5, 0.6) is 0 Å². The van der Waals surface area contributed by atoms with Gasteiger partial charge in [0, 0.05) is 27.7 Å². The summed E-state index contributed by atoms with van der Waals surface area (Å²) in [4.78, 5) is 24.7. The molecule has 132 valence electrons. The first kappa shape index (κ1) is 19.3. The fourth-order valence-corrected chi connectivity index (χ4v) is 3.07. The van der Waals surface area contributed by atoms with Crippen molar-refractivity contribution in [3.63, 3.8) is 0 Å². The first-order chi connectivity index (χ1) is 12.0. The maximum absolute atomic E-state index is 12.1. The summed E-state index contributed by atoms with van der Waals surface area (Å²) < 4.78 is 0. The number of halogens is 1. The lowest BCUT2D eigenvalue weighted by atomic mass is 10.2. The van der Waals surface area contributed by atoms with Gasteiger partial charge in [0.15, 0.2) is 0 Å². The second kappa shape index (κ2) is 9.49. The predicted octanol–water partition coefficient (Wildman–Crippen LogP) is 5.12. The molecule has 0 radical (unpaired) electrons. The molecular formula is C19H21ClN2O2S. The lowest BCUT2D eigenvalue weighted by Crippen LogP contribution is -2.14. The average Bonchev–Trinajstić information content (AvgIpc) is 2.57. The van der Waals surface area contributed by atoms with Gasteiger partial charge in [0.05, 0.1) is 5.75 Å². The molecule has 4 nitrogen and oxygen atoms in total. The van der Waals surface area contributed by atoms with Crippen LogP contribution in [0.2, 0.25) is 5.02 Å². The lowest BCUT2D eigenvalue weighted by Gasteiger charge is -2.08. The summed E-state index contributed by atoms with van der Waals surface area (Å²) in [6.45, 7) is 3.88. The highest BCUT2D eigenvalue weighted by Crippen LogP contribution is 2.23. The van der Waals surface area contributed by atoms with Gasteiger partial charge in [-0.1, -0.05) is 30.7 Å². The molecule has 0 aromatic heterocycles. The van der Waals surface area contributed by atoms with Crippen LogP contribution >= 0.6 is 23.4 Å². The molecular weight excluding hydrogens is 356 g/mol. The van der Waals surface area contributed by atoms with Crippen molar-refractivity contribution in [2.24, 2.45) is 0 Å². The first-order valence-electron chi connectivity index (χ1n) is 8.06. The molecule has 2 amide bonds. The zero-order valence-electron chi connectivity index (χ0n) is 14.3. The molecule has 25 heavy (non-hydrogen) atoms. The molecule has 0 aliphatic heterocycles. The number of anilines is 2. The Morgan fingerprint density at radius 1 is 1.04 bits per heavy atom. The molecule has 0 heterocycles. The summed E-state index contributed by atoms with van der Waals surface area (Å²) in [6, 6.07) is 12.9. The first-order valence-corrected chi connectivity index (χ1v) is 9.43. The molecule has 0 unspecified atom stereocenters. The highest BCUT2D eigenvalue weighted by Gasteiger charge is 2.07. The zero-order valence-corrected chi connectivity index (χ0v) is 15.8. The van der Waals surface area contributed by atoms with Crippen LogP contribution in [0, 0.1) is 6.92 Å². The van der Waals surface area contributed by atoms with E-state index < -0.39 is 0 Å². The third-order valence-electron chi connectivity index (χ3n) is 3.42. The Morgan fingerprint density at radius 3 is 2.48 bits per heavy atom. The van der Waals surface area contributed by atoms with Gasteiger partial charge in [-0.25, -0.2) is 0 Å². The van der Waals surface area contributed by atoms with Crippen molar-refractivity contribution in [2.75, 3.05) is 16.4 Å². The summed E-state index contributed by atoms with van der Waals surface area (Å²) >= 11 is 7.47. The van der Waals surface area contributed by atoms with Crippen LogP contribution in [-0.4, -0.2) is 17.6 Å². The predicted molar refractivity (Wildman–Crippen MR) is 106 cm³/mol. The molecule has 2 rings (SSSR count). The van der Waals surface area contributed by atoms with Crippen LogP contribution < -0.4 is 10.6 Å². The Hall–Kier alpha value is -1.98. The molecule has 0 spiro atoms. The van der Waals surface area contributed by atoms with Crippen molar-refractivity contribution in [3.05, 3.63) is 53.1 Å². The second-order valence-electron chi connectivity index (χ2n) is 5.63. The smallest absolute Gasteiger partial charge is 0.234 e. The van der Waals surface area contributed by atoms with E-state index in [0.29, 0.717) is 17.1 Å². The van der Waals surface area contributed by atoms with Gasteiger partial charge in [0.25, 0.3) is 0 Å². The minimum Gasteiger partial charge on any atom is -0.326 e. The monoisotopic (exact) mass is 376 g/mol. The number of carbonyl (C=O) groups is 2. The van der Waals surface area contributed by atoms with E-state index in [1.54, 1.807) is 6.07 Å². The van der Waals surface area contributed by atoms with Crippen molar-refractivity contribution in [2.45, 2.75) is 31.6 Å². The van der Waals surface area contributed by atoms with Crippen molar-refractivity contribution in [1.29, 1.82) is 0 Å². The van der Waals surface area contributed by atoms with E-state index in [-0.39, 0.29) is 17.6 Å². The molecule has 0 aliphatic carbocycles. The van der Waals surface area contributed by atoms with Crippen LogP contribution in [0.1, 0.15) is 25.3 Å². The number of amides is 2. The SMILES string of the molecule is CCCC(=O)Nc1cccc(SCC(=O)Nc2ccc(C)c(Cl)c2)c1. The lowest BCUT2D eigenvalue weighted by molar-refractivity contribution is -0.116. The fraction of sp³-hybridized carbons (Fsp3) is 0.263. The van der Waals surface area contributed by atoms with Crippen LogP contribution in [0.4, 0.5) is 11.4 Å². The van der Waals surface area contributed by atoms with Gasteiger partial charge in [-0.05, 0) is 49.2 Å².